The number of ketones is 1. The largest absolute Gasteiger partial charge is 0.289 e. The van der Waals surface area contributed by atoms with Gasteiger partial charge in [-0.2, -0.15) is 0 Å². The lowest BCUT2D eigenvalue weighted by Gasteiger charge is -2.03. The minimum absolute atomic E-state index is 0.154. The van der Waals surface area contributed by atoms with Crippen LogP contribution in [0.25, 0.3) is 10.9 Å². The average molecular weight is 251 g/mol. The molecule has 19 heavy (non-hydrogen) atoms. The number of benzene rings is 2. The van der Waals surface area contributed by atoms with Gasteiger partial charge >= 0.3 is 0 Å². The molecule has 1 heterocycles. The summed E-state index contributed by atoms with van der Waals surface area (Å²) in [6.45, 7) is 0. The highest BCUT2D eigenvalue weighted by Crippen LogP contribution is 2.16. The van der Waals surface area contributed by atoms with Gasteiger partial charge in [-0.15, -0.1) is 0 Å². The zero-order valence-corrected chi connectivity index (χ0v) is 10.0. The minimum atomic E-state index is -0.354. The first kappa shape index (κ1) is 11.5. The maximum absolute atomic E-state index is 12.8. The van der Waals surface area contributed by atoms with Crippen LogP contribution in [-0.4, -0.2) is 10.8 Å². The van der Waals surface area contributed by atoms with Crippen LogP contribution in [0.4, 0.5) is 4.39 Å². The van der Waals surface area contributed by atoms with E-state index in [-0.39, 0.29) is 11.6 Å². The molecule has 0 fully saturated rings. The molecule has 1 aromatic heterocycles. The lowest BCUT2D eigenvalue weighted by Crippen LogP contribution is -2.02. The van der Waals surface area contributed by atoms with Crippen molar-refractivity contribution in [2.45, 2.75) is 0 Å². The summed E-state index contributed by atoms with van der Waals surface area (Å²) >= 11 is 0. The molecule has 92 valence electrons. The number of aromatic nitrogens is 1. The smallest absolute Gasteiger partial charge is 0.194 e. The van der Waals surface area contributed by atoms with Gasteiger partial charge < -0.3 is 0 Å². The van der Waals surface area contributed by atoms with Crippen LogP contribution in [0.15, 0.2) is 60.8 Å². The molecular formula is C16H10FNO. The first-order chi connectivity index (χ1) is 9.24. The van der Waals surface area contributed by atoms with Crippen molar-refractivity contribution in [3.8, 4) is 0 Å². The van der Waals surface area contributed by atoms with Crippen LogP contribution in [0.2, 0.25) is 0 Å². The molecule has 2 aromatic carbocycles. The summed E-state index contributed by atoms with van der Waals surface area (Å²) in [7, 11) is 0. The maximum Gasteiger partial charge on any atom is 0.194 e. The van der Waals surface area contributed by atoms with Crippen LogP contribution in [0.3, 0.4) is 0 Å². The van der Waals surface area contributed by atoms with Gasteiger partial charge in [-0.1, -0.05) is 18.2 Å². The Bertz CT molecular complexity index is 750. The van der Waals surface area contributed by atoms with Crippen molar-refractivity contribution in [1.82, 2.24) is 4.98 Å². The van der Waals surface area contributed by atoms with Crippen LogP contribution >= 0.6 is 0 Å². The monoisotopic (exact) mass is 251 g/mol. The van der Waals surface area contributed by atoms with E-state index < -0.39 is 0 Å². The first-order valence-electron chi connectivity index (χ1n) is 5.89. The van der Waals surface area contributed by atoms with Crippen LogP contribution < -0.4 is 0 Å². The summed E-state index contributed by atoms with van der Waals surface area (Å²) < 4.78 is 12.8. The van der Waals surface area contributed by atoms with Crippen molar-refractivity contribution in [3.63, 3.8) is 0 Å². The van der Waals surface area contributed by atoms with E-state index in [0.717, 1.165) is 10.9 Å². The summed E-state index contributed by atoms with van der Waals surface area (Å²) in [5, 5.41) is 0.912. The molecule has 0 atom stereocenters. The lowest BCUT2D eigenvalue weighted by atomic mass is 10.0. The fraction of sp³-hybridized carbons (Fsp3) is 0. The number of carbonyl (C=O) groups excluding carboxylic acids is 1. The lowest BCUT2D eigenvalue weighted by molar-refractivity contribution is 0.103. The van der Waals surface area contributed by atoms with Gasteiger partial charge in [0.05, 0.1) is 5.52 Å². The topological polar surface area (TPSA) is 30.0 Å². The molecule has 3 heteroatoms. The van der Waals surface area contributed by atoms with Gasteiger partial charge in [-0.25, -0.2) is 4.39 Å². The summed E-state index contributed by atoms with van der Waals surface area (Å²) in [6, 6.07) is 14.9. The predicted molar refractivity (Wildman–Crippen MR) is 71.6 cm³/mol. The standard InChI is InChI=1S/C16H10FNO/c17-14-7-5-11(6-8-14)16(19)13-9-12-3-1-2-4-15(12)18-10-13/h1-10H. The Morgan fingerprint density at radius 1 is 0.947 bits per heavy atom. The van der Waals surface area contributed by atoms with Crippen LogP contribution in [0, 0.1) is 5.82 Å². The fourth-order valence-electron chi connectivity index (χ4n) is 1.96. The van der Waals surface area contributed by atoms with Crippen LogP contribution in [0.5, 0.6) is 0 Å². The van der Waals surface area contributed by atoms with Gasteiger partial charge in [0.2, 0.25) is 0 Å². The highest BCUT2D eigenvalue weighted by Gasteiger charge is 2.10. The van der Waals surface area contributed by atoms with Crippen LogP contribution in [0.1, 0.15) is 15.9 Å². The van der Waals surface area contributed by atoms with Gasteiger partial charge in [0.15, 0.2) is 5.78 Å². The minimum Gasteiger partial charge on any atom is -0.289 e. The SMILES string of the molecule is O=C(c1ccc(F)cc1)c1cnc2ccccc2c1. The molecule has 2 nitrogen and oxygen atoms in total. The second-order valence-electron chi connectivity index (χ2n) is 4.25. The molecule has 0 radical (unpaired) electrons. The second kappa shape index (κ2) is 4.61. The summed E-state index contributed by atoms with van der Waals surface area (Å²) in [5.41, 5.74) is 1.81. The number of nitrogens with zero attached hydrogens (tertiary/aromatic N) is 1. The average Bonchev–Trinajstić information content (AvgIpc) is 2.47. The zero-order chi connectivity index (χ0) is 13.2. The maximum atomic E-state index is 12.8. The second-order valence-corrected chi connectivity index (χ2v) is 4.25. The first-order valence-corrected chi connectivity index (χ1v) is 5.89. The van der Waals surface area contributed by atoms with E-state index in [1.807, 2.05) is 24.3 Å². The van der Waals surface area contributed by atoms with Gasteiger partial charge in [-0.3, -0.25) is 9.78 Å². The molecule has 0 aliphatic carbocycles. The van der Waals surface area contributed by atoms with E-state index in [1.165, 1.54) is 24.3 Å². The summed E-state index contributed by atoms with van der Waals surface area (Å²) in [4.78, 5) is 16.5. The predicted octanol–water partition coefficient (Wildman–Crippen LogP) is 3.60. The number of para-hydroxylation sites is 1. The fourth-order valence-corrected chi connectivity index (χ4v) is 1.96. The van der Waals surface area contributed by atoms with E-state index in [2.05, 4.69) is 4.98 Å². The molecule has 0 N–H and O–H groups in total. The number of hydrogen-bond acceptors (Lipinski definition) is 2. The Kier molecular flexibility index (Phi) is 2.80. The van der Waals surface area contributed by atoms with Crippen LogP contribution in [-0.2, 0) is 0 Å². The van der Waals surface area contributed by atoms with Crippen molar-refractivity contribution < 1.29 is 9.18 Å². The third-order valence-electron chi connectivity index (χ3n) is 2.96. The van der Waals surface area contributed by atoms with E-state index >= 15 is 0 Å². The third kappa shape index (κ3) is 2.22. The molecule has 0 amide bonds. The molecule has 0 saturated carbocycles. The molecule has 0 aliphatic rings. The highest BCUT2D eigenvalue weighted by molar-refractivity contribution is 6.10. The Balaban J connectivity index is 2.04. The van der Waals surface area contributed by atoms with E-state index in [9.17, 15) is 9.18 Å². The van der Waals surface area contributed by atoms with Crippen molar-refractivity contribution in [2.24, 2.45) is 0 Å². The molecule has 3 rings (SSSR count). The molecule has 0 bridgehead atoms. The molecule has 0 unspecified atom stereocenters. The number of hydrogen-bond donors (Lipinski definition) is 0. The molecule has 3 aromatic rings. The molecule has 0 aliphatic heterocycles. The number of pyridine rings is 1. The van der Waals surface area contributed by atoms with Gasteiger partial charge in [0.1, 0.15) is 5.82 Å². The number of fused-ring (bicyclic) bond motifs is 1. The Morgan fingerprint density at radius 2 is 1.68 bits per heavy atom. The van der Waals surface area contributed by atoms with Crippen molar-refractivity contribution >= 4 is 16.7 Å². The van der Waals surface area contributed by atoms with E-state index in [4.69, 9.17) is 0 Å². The highest BCUT2D eigenvalue weighted by atomic mass is 19.1. The number of carbonyl (C=O) groups is 1. The Labute approximate surface area is 109 Å². The van der Waals surface area contributed by atoms with Gasteiger partial charge in [0.25, 0.3) is 0 Å². The summed E-state index contributed by atoms with van der Waals surface area (Å²) in [6.07, 6.45) is 1.55. The van der Waals surface area contributed by atoms with E-state index in [0.29, 0.717) is 11.1 Å². The van der Waals surface area contributed by atoms with Gasteiger partial charge in [0, 0.05) is 22.7 Å². The normalized spacial score (nSPS) is 10.6. The Hall–Kier alpha value is -2.55. The zero-order valence-electron chi connectivity index (χ0n) is 10.0. The Morgan fingerprint density at radius 3 is 2.47 bits per heavy atom. The molecule has 0 saturated heterocycles. The van der Waals surface area contributed by atoms with Crippen molar-refractivity contribution in [3.05, 3.63) is 77.7 Å². The number of halogens is 1. The van der Waals surface area contributed by atoms with Gasteiger partial charge in [-0.05, 0) is 36.4 Å². The quantitative estimate of drug-likeness (QED) is 0.651. The molecule has 0 spiro atoms. The van der Waals surface area contributed by atoms with Crippen molar-refractivity contribution in [2.75, 3.05) is 0 Å². The number of rotatable bonds is 2. The summed E-state index contributed by atoms with van der Waals surface area (Å²) in [5.74, 6) is -0.508. The van der Waals surface area contributed by atoms with Crippen molar-refractivity contribution in [1.29, 1.82) is 0 Å². The van der Waals surface area contributed by atoms with E-state index in [1.54, 1.807) is 12.3 Å². The molecular weight excluding hydrogens is 241 g/mol. The third-order valence-corrected chi connectivity index (χ3v) is 2.96.